The number of carbonyl (C=O) groups excluding carboxylic acids is 1. The van der Waals surface area contributed by atoms with Crippen molar-refractivity contribution < 1.29 is 23.4 Å². The molecule has 1 saturated heterocycles. The highest BCUT2D eigenvalue weighted by Gasteiger charge is 2.30. The van der Waals surface area contributed by atoms with E-state index >= 15 is 4.39 Å². The van der Waals surface area contributed by atoms with E-state index in [1.807, 2.05) is 13.8 Å². The van der Waals surface area contributed by atoms with Crippen molar-refractivity contribution in [2.45, 2.75) is 59.1 Å². The number of halogens is 1. The zero-order valence-corrected chi connectivity index (χ0v) is 23.8. The Hall–Kier alpha value is -4.00. The molecule has 12 nitrogen and oxygen atoms in total. The number of methoxy groups -OCH3 is 1. The lowest BCUT2D eigenvalue weighted by molar-refractivity contribution is 0.0177. The number of carbonyl (C=O) groups is 1. The highest BCUT2D eigenvalue weighted by atomic mass is 19.1. The Labute approximate surface area is 230 Å². The molecule has 3 aromatic heterocycles. The number of ether oxygens (including phenoxy) is 3. The number of amides is 1. The van der Waals surface area contributed by atoms with Gasteiger partial charge in [0.25, 0.3) is 11.4 Å². The Morgan fingerprint density at radius 2 is 1.98 bits per heavy atom. The fraction of sp³-hybridized carbons (Fsp3) is 0.519. The first-order valence-electron chi connectivity index (χ1n) is 13.0. The molecule has 1 aliphatic rings. The lowest BCUT2D eigenvalue weighted by Gasteiger charge is -2.34. The Kier molecular flexibility index (Phi) is 8.15. The number of aryl methyl sites for hydroxylation is 1. The van der Waals surface area contributed by atoms with Crippen LogP contribution in [0.15, 0.2) is 21.9 Å². The van der Waals surface area contributed by atoms with Crippen LogP contribution in [0.5, 0.6) is 11.8 Å². The highest BCUT2D eigenvalue weighted by molar-refractivity contribution is 5.86. The number of hydrogen-bond donors (Lipinski definition) is 2. The van der Waals surface area contributed by atoms with Gasteiger partial charge in [-0.05, 0) is 45.2 Å². The third-order valence-corrected chi connectivity index (χ3v) is 6.37. The van der Waals surface area contributed by atoms with Gasteiger partial charge < -0.3 is 24.4 Å². The molecule has 1 fully saturated rings. The van der Waals surface area contributed by atoms with E-state index in [0.29, 0.717) is 30.0 Å². The molecule has 13 heteroatoms. The summed E-state index contributed by atoms with van der Waals surface area (Å²) in [6.45, 7) is 12.1. The van der Waals surface area contributed by atoms with Crippen LogP contribution in [0.4, 0.5) is 9.18 Å². The topological polar surface area (TPSA) is 141 Å². The van der Waals surface area contributed by atoms with E-state index in [1.165, 1.54) is 7.11 Å². The van der Waals surface area contributed by atoms with Gasteiger partial charge in [0, 0.05) is 25.8 Å². The minimum Gasteiger partial charge on any atom is -0.479 e. The van der Waals surface area contributed by atoms with E-state index in [9.17, 15) is 14.4 Å². The highest BCUT2D eigenvalue weighted by Crippen LogP contribution is 2.32. The molecule has 0 radical (unpaired) electrons. The van der Waals surface area contributed by atoms with Crippen LogP contribution >= 0.6 is 0 Å². The number of nitrogens with one attached hydrogen (secondary N) is 2. The first kappa shape index (κ1) is 29.0. The second-order valence-corrected chi connectivity index (χ2v) is 11.0. The van der Waals surface area contributed by atoms with Gasteiger partial charge in [0.1, 0.15) is 23.1 Å². The Bertz CT molecular complexity index is 1540. The summed E-state index contributed by atoms with van der Waals surface area (Å²) in [5, 5.41) is 3.00. The second-order valence-electron chi connectivity index (χ2n) is 11.0. The molecule has 216 valence electrons. The number of pyridine rings is 2. The van der Waals surface area contributed by atoms with Crippen molar-refractivity contribution in [3.05, 3.63) is 50.2 Å². The fourth-order valence-electron chi connectivity index (χ4n) is 4.59. The van der Waals surface area contributed by atoms with Gasteiger partial charge >= 0.3 is 11.8 Å². The number of rotatable bonds is 6. The molecule has 1 atom stereocenters. The molecule has 2 N–H and O–H groups in total. The first-order chi connectivity index (χ1) is 18.8. The number of H-pyrrole nitrogens is 1. The lowest BCUT2D eigenvalue weighted by Crippen LogP contribution is -2.55. The van der Waals surface area contributed by atoms with E-state index in [1.54, 1.807) is 44.9 Å². The molecule has 0 unspecified atom stereocenters. The molecule has 4 heterocycles. The van der Waals surface area contributed by atoms with Crippen molar-refractivity contribution in [1.82, 2.24) is 29.7 Å². The van der Waals surface area contributed by atoms with Crippen molar-refractivity contribution in [1.29, 1.82) is 0 Å². The normalized spacial score (nSPS) is 15.9. The number of aromatic nitrogens is 4. The van der Waals surface area contributed by atoms with E-state index < -0.39 is 34.6 Å². The first-order valence-corrected chi connectivity index (χ1v) is 13.0. The van der Waals surface area contributed by atoms with Crippen LogP contribution in [0, 0.1) is 12.7 Å². The van der Waals surface area contributed by atoms with Crippen LogP contribution < -0.4 is 26.0 Å². The van der Waals surface area contributed by atoms with Gasteiger partial charge in [0.2, 0.25) is 11.7 Å². The van der Waals surface area contributed by atoms with Gasteiger partial charge in [-0.15, -0.1) is 0 Å². The van der Waals surface area contributed by atoms with Gasteiger partial charge in [0.05, 0.1) is 24.5 Å². The maximum Gasteiger partial charge on any atom is 0.410 e. The molecule has 0 aliphatic carbocycles. The molecule has 3 aromatic rings. The number of aromatic amines is 1. The molecule has 0 saturated carbocycles. The Balaban J connectivity index is 1.78. The predicted molar refractivity (Wildman–Crippen MR) is 146 cm³/mol. The number of nitrogens with zero attached hydrogens (tertiary/aromatic N) is 4. The van der Waals surface area contributed by atoms with Gasteiger partial charge in [-0.1, -0.05) is 13.8 Å². The molecule has 1 aliphatic heterocycles. The van der Waals surface area contributed by atoms with Crippen LogP contribution in [0.25, 0.3) is 16.6 Å². The lowest BCUT2D eigenvalue weighted by atomic mass is 10.0. The number of piperazine rings is 1. The third kappa shape index (κ3) is 5.79. The zero-order valence-electron chi connectivity index (χ0n) is 23.8. The molecule has 0 bridgehead atoms. The standard InChI is InChI=1S/C27H35FN6O6/c1-14(2)19-20(15(3)8-9-30-19)34-21-17(22(35)31-25(34)36)23(32-24(38-7)18(21)28)39-13-16-12-33(11-10-29-16)26(37)40-27(4,5)6/h8-9,14,16,29H,10-13H2,1-7H3,(H,31,35,36)/t16-/m1/s1. The molecular weight excluding hydrogens is 523 g/mol. The van der Waals surface area contributed by atoms with Crippen LogP contribution in [-0.4, -0.2) is 75.5 Å². The minimum absolute atomic E-state index is 0.0160. The van der Waals surface area contributed by atoms with Gasteiger partial charge in [-0.3, -0.25) is 19.3 Å². The van der Waals surface area contributed by atoms with Crippen molar-refractivity contribution in [2.75, 3.05) is 33.4 Å². The van der Waals surface area contributed by atoms with E-state index in [-0.39, 0.29) is 41.9 Å². The summed E-state index contributed by atoms with van der Waals surface area (Å²) >= 11 is 0. The summed E-state index contributed by atoms with van der Waals surface area (Å²) in [7, 11) is 1.23. The minimum atomic E-state index is -0.988. The third-order valence-electron chi connectivity index (χ3n) is 6.37. The van der Waals surface area contributed by atoms with Crippen LogP contribution in [-0.2, 0) is 4.74 Å². The van der Waals surface area contributed by atoms with E-state index in [4.69, 9.17) is 14.2 Å². The predicted octanol–water partition coefficient (Wildman–Crippen LogP) is 2.64. The quantitative estimate of drug-likeness (QED) is 0.467. The second kappa shape index (κ2) is 11.2. The summed E-state index contributed by atoms with van der Waals surface area (Å²) in [5.74, 6) is -1.76. The van der Waals surface area contributed by atoms with E-state index in [0.717, 1.165) is 4.57 Å². The Morgan fingerprint density at radius 1 is 1.25 bits per heavy atom. The number of hydrogen-bond acceptors (Lipinski definition) is 9. The summed E-state index contributed by atoms with van der Waals surface area (Å²) < 4.78 is 33.5. The summed E-state index contributed by atoms with van der Waals surface area (Å²) in [4.78, 5) is 51.2. The van der Waals surface area contributed by atoms with Gasteiger partial charge in [0.15, 0.2) is 0 Å². The fourth-order valence-corrected chi connectivity index (χ4v) is 4.59. The van der Waals surface area contributed by atoms with Crippen LogP contribution in [0.2, 0.25) is 0 Å². The van der Waals surface area contributed by atoms with Crippen molar-refractivity contribution in [3.8, 4) is 17.4 Å². The largest absolute Gasteiger partial charge is 0.479 e. The maximum atomic E-state index is 15.8. The molecule has 0 spiro atoms. The average Bonchev–Trinajstić information content (AvgIpc) is 2.88. The monoisotopic (exact) mass is 558 g/mol. The smallest absolute Gasteiger partial charge is 0.410 e. The summed E-state index contributed by atoms with van der Waals surface area (Å²) in [6, 6.07) is 1.36. The maximum absolute atomic E-state index is 15.8. The zero-order chi connectivity index (χ0) is 29.4. The van der Waals surface area contributed by atoms with E-state index in [2.05, 4.69) is 20.3 Å². The van der Waals surface area contributed by atoms with Crippen molar-refractivity contribution >= 4 is 17.0 Å². The molecular formula is C27H35FN6O6. The van der Waals surface area contributed by atoms with Crippen LogP contribution in [0.3, 0.4) is 0 Å². The molecule has 1 amide bonds. The SMILES string of the molecule is COc1nc(OC[C@H]2CN(C(=O)OC(C)(C)C)CCN2)c2c(=O)[nH]c(=O)n(-c3c(C)ccnc3C(C)C)c2c1F. The van der Waals surface area contributed by atoms with Gasteiger partial charge in [-0.25, -0.2) is 9.59 Å². The van der Waals surface area contributed by atoms with Crippen molar-refractivity contribution in [3.63, 3.8) is 0 Å². The summed E-state index contributed by atoms with van der Waals surface area (Å²) in [6.07, 6.45) is 1.16. The van der Waals surface area contributed by atoms with Crippen molar-refractivity contribution in [2.24, 2.45) is 0 Å². The van der Waals surface area contributed by atoms with Crippen LogP contribution in [0.1, 0.15) is 51.8 Å². The molecule has 4 rings (SSSR count). The average molecular weight is 559 g/mol. The molecule has 0 aromatic carbocycles. The number of fused-ring (bicyclic) bond motifs is 1. The van der Waals surface area contributed by atoms with Gasteiger partial charge in [-0.2, -0.15) is 9.37 Å². The summed E-state index contributed by atoms with van der Waals surface area (Å²) in [5.41, 5.74) is -1.12. The Morgan fingerprint density at radius 3 is 2.62 bits per heavy atom. The molecule has 40 heavy (non-hydrogen) atoms.